The van der Waals surface area contributed by atoms with Crippen LogP contribution in [0.5, 0.6) is 0 Å². The summed E-state index contributed by atoms with van der Waals surface area (Å²) in [5.74, 6) is 0. The molecule has 0 amide bonds. The molecule has 0 aromatic carbocycles. The zero-order valence-electron chi connectivity index (χ0n) is 8.56. The highest BCUT2D eigenvalue weighted by Crippen LogP contribution is 2.74. The van der Waals surface area contributed by atoms with Gasteiger partial charge in [-0.05, 0) is 13.0 Å². The van der Waals surface area contributed by atoms with Crippen LogP contribution in [0.4, 0.5) is 0 Å². The Kier molecular flexibility index (Phi) is 3.87. The molecule has 1 heterocycles. The maximum absolute atomic E-state index is 11.3. The number of rotatable bonds is 3. The second kappa shape index (κ2) is 4.44. The van der Waals surface area contributed by atoms with Crippen LogP contribution in [-0.4, -0.2) is 24.6 Å². The number of halogens is 1. The topological polar surface area (TPSA) is 128 Å². The van der Waals surface area contributed by atoms with E-state index in [4.69, 9.17) is 31.2 Å². The highest BCUT2D eigenvalue weighted by atomic mass is 35.5. The van der Waals surface area contributed by atoms with E-state index in [1.165, 1.54) is 6.07 Å². The summed E-state index contributed by atoms with van der Waals surface area (Å²) in [6, 6.07) is 2.31. The first kappa shape index (κ1) is 14.8. The van der Waals surface area contributed by atoms with E-state index in [9.17, 15) is 9.13 Å². The molecule has 17 heavy (non-hydrogen) atoms. The maximum atomic E-state index is 11.3. The van der Waals surface area contributed by atoms with Crippen molar-refractivity contribution >= 4 is 26.8 Å². The minimum Gasteiger partial charge on any atom is -0.323 e. The minimum atomic E-state index is -5.09. The Labute approximate surface area is 102 Å². The fraction of sp³-hybridized carbons (Fsp3) is 0.286. The van der Waals surface area contributed by atoms with E-state index in [1.807, 2.05) is 0 Å². The summed E-state index contributed by atoms with van der Waals surface area (Å²) in [4.78, 5) is 37.5. The molecule has 0 radical (unpaired) electrons. The molecule has 0 bridgehead atoms. The molecule has 0 aliphatic carbocycles. The van der Waals surface area contributed by atoms with Gasteiger partial charge in [0.05, 0.1) is 0 Å². The van der Waals surface area contributed by atoms with E-state index < -0.39 is 20.1 Å². The Morgan fingerprint density at radius 2 is 1.65 bits per heavy atom. The summed E-state index contributed by atoms with van der Waals surface area (Å²) in [5.41, 5.74) is -0.274. The summed E-state index contributed by atoms with van der Waals surface area (Å²) in [5, 5.41) is 0.0486. The van der Waals surface area contributed by atoms with Gasteiger partial charge in [0.2, 0.25) is 0 Å². The molecule has 96 valence electrons. The van der Waals surface area contributed by atoms with Crippen LogP contribution in [0.1, 0.15) is 12.5 Å². The summed E-state index contributed by atoms with van der Waals surface area (Å²) < 4.78 is 22.7. The molecule has 1 rings (SSSR count). The maximum Gasteiger partial charge on any atom is 0.347 e. The van der Waals surface area contributed by atoms with Gasteiger partial charge in [0.1, 0.15) is 5.15 Å². The summed E-state index contributed by atoms with van der Waals surface area (Å²) in [6.07, 6.45) is 0.931. The van der Waals surface area contributed by atoms with Crippen LogP contribution in [0, 0.1) is 0 Å². The lowest BCUT2D eigenvalue weighted by atomic mass is 10.2. The zero-order chi connectivity index (χ0) is 13.5. The summed E-state index contributed by atoms with van der Waals surface area (Å²) >= 11 is 5.49. The van der Waals surface area contributed by atoms with E-state index in [0.717, 1.165) is 19.2 Å². The lowest BCUT2D eigenvalue weighted by Crippen LogP contribution is -2.22. The Bertz CT molecular complexity index is 484. The first-order valence-electron chi connectivity index (χ1n) is 4.23. The average molecular weight is 302 g/mol. The predicted octanol–water partition coefficient (Wildman–Crippen LogP) is 1.26. The Morgan fingerprint density at radius 1 is 1.18 bits per heavy atom. The van der Waals surface area contributed by atoms with Crippen molar-refractivity contribution in [3.63, 3.8) is 0 Å². The number of nitrogens with zero attached hydrogens (tertiary/aromatic N) is 1. The summed E-state index contributed by atoms with van der Waals surface area (Å²) in [6.45, 7) is 0.791. The smallest absolute Gasteiger partial charge is 0.323 e. The van der Waals surface area contributed by atoms with Gasteiger partial charge in [-0.25, -0.2) is 4.98 Å². The molecule has 0 unspecified atom stereocenters. The number of hydrogen-bond acceptors (Lipinski definition) is 3. The lowest BCUT2D eigenvalue weighted by molar-refractivity contribution is 0.314. The molecule has 1 aromatic rings. The van der Waals surface area contributed by atoms with E-state index in [0.29, 0.717) is 0 Å². The van der Waals surface area contributed by atoms with Crippen molar-refractivity contribution in [2.75, 3.05) is 0 Å². The fourth-order valence-electron chi connectivity index (χ4n) is 1.16. The largest absolute Gasteiger partial charge is 0.347 e. The zero-order valence-corrected chi connectivity index (χ0v) is 11.1. The molecule has 4 N–H and O–H groups in total. The molecule has 0 aliphatic rings. The third kappa shape index (κ3) is 2.61. The van der Waals surface area contributed by atoms with Crippen LogP contribution in [0.15, 0.2) is 18.3 Å². The Balaban J connectivity index is 3.52. The number of pyridine rings is 1. The third-order valence-corrected chi connectivity index (χ3v) is 6.98. The van der Waals surface area contributed by atoms with Crippen LogP contribution in [-0.2, 0) is 14.0 Å². The van der Waals surface area contributed by atoms with E-state index in [2.05, 4.69) is 4.98 Å². The molecule has 0 aliphatic heterocycles. The molecule has 0 saturated heterocycles. The monoisotopic (exact) mass is 301 g/mol. The number of aromatic nitrogens is 1. The molecule has 1 aromatic heterocycles. The highest BCUT2D eigenvalue weighted by Gasteiger charge is 2.57. The van der Waals surface area contributed by atoms with Crippen LogP contribution in [0.2, 0.25) is 5.15 Å². The third-order valence-electron chi connectivity index (χ3n) is 2.41. The fourth-order valence-corrected chi connectivity index (χ4v) is 3.57. The van der Waals surface area contributed by atoms with Gasteiger partial charge in [0, 0.05) is 11.8 Å². The second-order valence-corrected chi connectivity index (χ2v) is 8.18. The van der Waals surface area contributed by atoms with Gasteiger partial charge in [-0.2, -0.15) is 0 Å². The molecule has 10 heteroatoms. The van der Waals surface area contributed by atoms with E-state index in [1.54, 1.807) is 0 Å². The quantitative estimate of drug-likeness (QED) is 0.488. The molecule has 0 spiro atoms. The van der Waals surface area contributed by atoms with Crippen LogP contribution < -0.4 is 0 Å². The normalized spacial score (nSPS) is 13.8. The SMILES string of the molecule is CC(c1ccc(Cl)nc1)(P(=O)(O)O)P(=O)(O)O. The van der Waals surface area contributed by atoms with Crippen molar-refractivity contribution in [2.24, 2.45) is 0 Å². The van der Waals surface area contributed by atoms with Crippen molar-refractivity contribution in [1.29, 1.82) is 0 Å². The standard InChI is InChI=1S/C7H10ClNO6P2/c1-7(16(10,11)12,17(13,14)15)5-2-3-6(8)9-4-5/h2-4H,1H3,(H2,10,11,12)(H2,13,14,15). The van der Waals surface area contributed by atoms with Crippen molar-refractivity contribution in [3.05, 3.63) is 29.0 Å². The van der Waals surface area contributed by atoms with Crippen molar-refractivity contribution in [1.82, 2.24) is 4.98 Å². The average Bonchev–Trinajstić information content (AvgIpc) is 2.14. The van der Waals surface area contributed by atoms with Crippen molar-refractivity contribution in [2.45, 2.75) is 11.8 Å². The van der Waals surface area contributed by atoms with Crippen LogP contribution >= 0.6 is 26.8 Å². The molecular weight excluding hydrogens is 291 g/mol. The first-order chi connectivity index (χ1) is 7.50. The van der Waals surface area contributed by atoms with Gasteiger partial charge >= 0.3 is 15.2 Å². The Hall–Kier alpha value is -0.260. The van der Waals surface area contributed by atoms with Gasteiger partial charge in [0.15, 0.2) is 4.90 Å². The van der Waals surface area contributed by atoms with E-state index in [-0.39, 0.29) is 10.7 Å². The van der Waals surface area contributed by atoms with Gasteiger partial charge < -0.3 is 19.6 Å². The lowest BCUT2D eigenvalue weighted by Gasteiger charge is -2.30. The van der Waals surface area contributed by atoms with Crippen LogP contribution in [0.25, 0.3) is 0 Å². The van der Waals surface area contributed by atoms with Gasteiger partial charge in [-0.15, -0.1) is 0 Å². The predicted molar refractivity (Wildman–Crippen MR) is 60.7 cm³/mol. The van der Waals surface area contributed by atoms with Crippen molar-refractivity contribution < 1.29 is 28.7 Å². The summed E-state index contributed by atoms with van der Waals surface area (Å²) in [7, 11) is -10.2. The van der Waals surface area contributed by atoms with Gasteiger partial charge in [0.25, 0.3) is 0 Å². The Morgan fingerprint density at radius 3 is 1.94 bits per heavy atom. The van der Waals surface area contributed by atoms with Gasteiger partial charge in [-0.1, -0.05) is 17.7 Å². The minimum absolute atomic E-state index is 0.0486. The van der Waals surface area contributed by atoms with E-state index >= 15 is 0 Å². The molecule has 7 nitrogen and oxygen atoms in total. The highest BCUT2D eigenvalue weighted by molar-refractivity contribution is 7.71. The molecule has 0 saturated carbocycles. The van der Waals surface area contributed by atoms with Crippen molar-refractivity contribution in [3.8, 4) is 0 Å². The molecule has 0 fully saturated rings. The second-order valence-electron chi connectivity index (χ2n) is 3.48. The number of hydrogen-bond donors (Lipinski definition) is 4. The molecule has 0 atom stereocenters. The first-order valence-corrected chi connectivity index (χ1v) is 7.84. The molecular formula is C7H10ClNO6P2. The van der Waals surface area contributed by atoms with Gasteiger partial charge in [-0.3, -0.25) is 9.13 Å². The van der Waals surface area contributed by atoms with Crippen LogP contribution in [0.3, 0.4) is 0 Å².